The third-order valence-corrected chi connectivity index (χ3v) is 3.84. The average molecular weight is 352 g/mol. The Kier molecular flexibility index (Phi) is 4.43. The molecule has 2 aromatic rings. The van der Waals surface area contributed by atoms with Gasteiger partial charge in [0, 0.05) is 10.2 Å². The summed E-state index contributed by atoms with van der Waals surface area (Å²) in [5, 5.41) is 10.7. The number of nitrogens with two attached hydrogens (primary N) is 1. The van der Waals surface area contributed by atoms with Gasteiger partial charge in [-0.25, -0.2) is 4.68 Å². The second-order valence-corrected chi connectivity index (χ2v) is 6.39. The summed E-state index contributed by atoms with van der Waals surface area (Å²) in [5.41, 5.74) is 7.82. The number of benzene rings is 1. The molecule has 2 rings (SSSR count). The molecule has 1 aromatic carbocycles. The van der Waals surface area contributed by atoms with Crippen LogP contribution in [0.2, 0.25) is 0 Å². The van der Waals surface area contributed by atoms with Crippen LogP contribution in [0.15, 0.2) is 28.9 Å². The van der Waals surface area contributed by atoms with Gasteiger partial charge in [0.1, 0.15) is 12.2 Å². The first-order chi connectivity index (χ1) is 9.75. The second kappa shape index (κ2) is 5.95. The van der Waals surface area contributed by atoms with Crippen LogP contribution >= 0.6 is 15.9 Å². The summed E-state index contributed by atoms with van der Waals surface area (Å²) in [6, 6.07) is 5.64. The van der Waals surface area contributed by atoms with Crippen LogP contribution in [-0.4, -0.2) is 20.9 Å². The van der Waals surface area contributed by atoms with Crippen molar-refractivity contribution in [1.82, 2.24) is 15.0 Å². The monoisotopic (exact) mass is 351 g/mol. The van der Waals surface area contributed by atoms with Crippen LogP contribution < -0.4 is 11.1 Å². The average Bonchev–Trinajstić information content (AvgIpc) is 2.82. The van der Waals surface area contributed by atoms with Crippen molar-refractivity contribution in [1.29, 1.82) is 0 Å². The van der Waals surface area contributed by atoms with Gasteiger partial charge in [0.15, 0.2) is 0 Å². The molecule has 7 heteroatoms. The zero-order valence-electron chi connectivity index (χ0n) is 12.2. The number of hydrogen-bond donors (Lipinski definition) is 2. The summed E-state index contributed by atoms with van der Waals surface area (Å²) < 4.78 is 2.48. The SMILES string of the molecule is Cc1cc(NC(=O)Cn2cc(C(C)(C)N)nn2)ccc1Br. The van der Waals surface area contributed by atoms with Crippen LogP contribution in [0, 0.1) is 6.92 Å². The molecular formula is C14H18BrN5O. The second-order valence-electron chi connectivity index (χ2n) is 5.54. The Morgan fingerprint density at radius 2 is 2.19 bits per heavy atom. The first-order valence-electron chi connectivity index (χ1n) is 6.51. The quantitative estimate of drug-likeness (QED) is 0.883. The highest BCUT2D eigenvalue weighted by molar-refractivity contribution is 9.10. The lowest BCUT2D eigenvalue weighted by Gasteiger charge is -2.13. The smallest absolute Gasteiger partial charge is 0.246 e. The molecule has 21 heavy (non-hydrogen) atoms. The zero-order valence-corrected chi connectivity index (χ0v) is 13.8. The first kappa shape index (κ1) is 15.7. The van der Waals surface area contributed by atoms with Crippen LogP contribution in [-0.2, 0) is 16.9 Å². The van der Waals surface area contributed by atoms with Gasteiger partial charge in [0.05, 0.1) is 11.7 Å². The third kappa shape index (κ3) is 4.12. The molecule has 0 radical (unpaired) electrons. The van der Waals surface area contributed by atoms with E-state index < -0.39 is 5.54 Å². The Bertz CT molecular complexity index is 660. The number of aryl methyl sites for hydroxylation is 1. The van der Waals surface area contributed by atoms with E-state index in [1.54, 1.807) is 6.20 Å². The predicted molar refractivity (Wildman–Crippen MR) is 84.7 cm³/mol. The van der Waals surface area contributed by atoms with E-state index in [1.807, 2.05) is 39.0 Å². The highest BCUT2D eigenvalue weighted by atomic mass is 79.9. The van der Waals surface area contributed by atoms with Gasteiger partial charge in [0.25, 0.3) is 0 Å². The summed E-state index contributed by atoms with van der Waals surface area (Å²) in [6.45, 7) is 5.74. The molecule has 0 bridgehead atoms. The summed E-state index contributed by atoms with van der Waals surface area (Å²) in [7, 11) is 0. The van der Waals surface area contributed by atoms with E-state index >= 15 is 0 Å². The number of halogens is 1. The van der Waals surface area contributed by atoms with E-state index in [0.29, 0.717) is 5.69 Å². The lowest BCUT2D eigenvalue weighted by atomic mass is 10.0. The highest BCUT2D eigenvalue weighted by Gasteiger charge is 2.18. The topological polar surface area (TPSA) is 85.8 Å². The standard InChI is InChI=1S/C14H18BrN5O/c1-9-6-10(4-5-11(9)15)17-13(21)8-20-7-12(18-19-20)14(2,3)16/h4-7H,8,16H2,1-3H3,(H,17,21). The molecule has 6 nitrogen and oxygen atoms in total. The van der Waals surface area contributed by atoms with Gasteiger partial charge >= 0.3 is 0 Å². The van der Waals surface area contributed by atoms with Gasteiger partial charge in [-0.05, 0) is 44.5 Å². The van der Waals surface area contributed by atoms with Gasteiger partial charge in [0.2, 0.25) is 5.91 Å². The van der Waals surface area contributed by atoms with Crippen molar-refractivity contribution >= 4 is 27.5 Å². The molecule has 0 saturated heterocycles. The van der Waals surface area contributed by atoms with E-state index in [2.05, 4.69) is 31.6 Å². The largest absolute Gasteiger partial charge is 0.324 e. The number of carbonyl (C=O) groups is 1. The van der Waals surface area contributed by atoms with E-state index in [-0.39, 0.29) is 12.5 Å². The molecule has 0 fully saturated rings. The minimum atomic E-state index is -0.572. The molecule has 3 N–H and O–H groups in total. The zero-order chi connectivity index (χ0) is 15.6. The Morgan fingerprint density at radius 1 is 1.48 bits per heavy atom. The van der Waals surface area contributed by atoms with Crippen LogP contribution in [0.4, 0.5) is 5.69 Å². The van der Waals surface area contributed by atoms with Crippen molar-refractivity contribution < 1.29 is 4.79 Å². The van der Waals surface area contributed by atoms with E-state index in [1.165, 1.54) is 4.68 Å². The fourth-order valence-corrected chi connectivity index (χ4v) is 1.99. The molecule has 1 aromatic heterocycles. The number of nitrogens with zero attached hydrogens (tertiary/aromatic N) is 3. The molecule has 0 aliphatic rings. The summed E-state index contributed by atoms with van der Waals surface area (Å²) in [6.07, 6.45) is 1.69. The number of hydrogen-bond acceptors (Lipinski definition) is 4. The summed E-state index contributed by atoms with van der Waals surface area (Å²) in [5.74, 6) is -0.164. The molecule has 0 aliphatic heterocycles. The maximum Gasteiger partial charge on any atom is 0.246 e. The molecule has 0 saturated carbocycles. The van der Waals surface area contributed by atoms with Gasteiger partial charge < -0.3 is 11.1 Å². The van der Waals surface area contributed by atoms with Crippen LogP contribution in [0.5, 0.6) is 0 Å². The fourth-order valence-electron chi connectivity index (χ4n) is 1.74. The Hall–Kier alpha value is -1.73. The molecule has 0 spiro atoms. The number of anilines is 1. The molecule has 1 heterocycles. The van der Waals surface area contributed by atoms with Crippen LogP contribution in [0.1, 0.15) is 25.1 Å². The fraction of sp³-hybridized carbons (Fsp3) is 0.357. The van der Waals surface area contributed by atoms with Gasteiger partial charge in [-0.15, -0.1) is 5.10 Å². The Morgan fingerprint density at radius 3 is 2.76 bits per heavy atom. The molecule has 112 valence electrons. The molecule has 0 atom stereocenters. The van der Waals surface area contributed by atoms with E-state index in [0.717, 1.165) is 15.7 Å². The van der Waals surface area contributed by atoms with E-state index in [9.17, 15) is 4.79 Å². The van der Waals surface area contributed by atoms with Crippen molar-refractivity contribution in [2.24, 2.45) is 5.73 Å². The minimum Gasteiger partial charge on any atom is -0.324 e. The first-order valence-corrected chi connectivity index (χ1v) is 7.30. The Balaban J connectivity index is 2.01. The molecular weight excluding hydrogens is 334 g/mol. The molecule has 1 amide bonds. The van der Waals surface area contributed by atoms with E-state index in [4.69, 9.17) is 5.73 Å². The van der Waals surface area contributed by atoms with Crippen molar-refractivity contribution in [3.63, 3.8) is 0 Å². The molecule has 0 unspecified atom stereocenters. The summed E-state index contributed by atoms with van der Waals surface area (Å²) >= 11 is 3.42. The van der Waals surface area contributed by atoms with Crippen LogP contribution in [0.3, 0.4) is 0 Å². The summed E-state index contributed by atoms with van der Waals surface area (Å²) in [4.78, 5) is 12.0. The number of amides is 1. The Labute approximate surface area is 131 Å². The van der Waals surface area contributed by atoms with Crippen molar-refractivity contribution in [3.05, 3.63) is 40.1 Å². The maximum absolute atomic E-state index is 12.0. The lowest BCUT2D eigenvalue weighted by molar-refractivity contribution is -0.116. The van der Waals surface area contributed by atoms with Crippen LogP contribution in [0.25, 0.3) is 0 Å². The number of nitrogens with one attached hydrogen (secondary N) is 1. The van der Waals surface area contributed by atoms with Gasteiger partial charge in [-0.1, -0.05) is 21.1 Å². The normalized spacial score (nSPS) is 11.5. The maximum atomic E-state index is 12.0. The van der Waals surface area contributed by atoms with Crippen molar-refractivity contribution in [3.8, 4) is 0 Å². The predicted octanol–water partition coefficient (Wildman–Crippen LogP) is 2.18. The number of rotatable bonds is 4. The van der Waals surface area contributed by atoms with Crippen molar-refractivity contribution in [2.45, 2.75) is 32.9 Å². The number of aromatic nitrogens is 3. The third-order valence-electron chi connectivity index (χ3n) is 2.95. The number of carbonyl (C=O) groups excluding carboxylic acids is 1. The molecule has 0 aliphatic carbocycles. The van der Waals surface area contributed by atoms with Crippen molar-refractivity contribution in [2.75, 3.05) is 5.32 Å². The van der Waals surface area contributed by atoms with Gasteiger partial charge in [-0.3, -0.25) is 4.79 Å². The minimum absolute atomic E-state index is 0.0954. The lowest BCUT2D eigenvalue weighted by Crippen LogP contribution is -2.29. The van der Waals surface area contributed by atoms with Gasteiger partial charge in [-0.2, -0.15) is 0 Å². The highest BCUT2D eigenvalue weighted by Crippen LogP contribution is 2.20.